The van der Waals surface area contributed by atoms with E-state index in [2.05, 4.69) is 11.8 Å². The van der Waals surface area contributed by atoms with Gasteiger partial charge in [-0.05, 0) is 12.1 Å². The third-order valence-electron chi connectivity index (χ3n) is 1.60. The van der Waals surface area contributed by atoms with Crippen LogP contribution >= 0.6 is 11.8 Å². The summed E-state index contributed by atoms with van der Waals surface area (Å²) >= 11 is 1.18. The molecule has 0 heterocycles. The first-order valence-electron chi connectivity index (χ1n) is 4.40. The molecule has 0 unspecified atom stereocenters. The number of rotatable bonds is 2. The monoisotopic (exact) mass is 218 g/mol. The Morgan fingerprint density at radius 3 is 3.00 bits per heavy atom. The van der Waals surface area contributed by atoms with Crippen LogP contribution in [-0.4, -0.2) is 17.2 Å². The van der Waals surface area contributed by atoms with Gasteiger partial charge in [-0.1, -0.05) is 35.7 Å². The first-order valence-corrected chi connectivity index (χ1v) is 5.38. The summed E-state index contributed by atoms with van der Waals surface area (Å²) in [4.78, 5) is 21.1. The Morgan fingerprint density at radius 2 is 2.33 bits per heavy atom. The molecule has 0 bridgehead atoms. The van der Waals surface area contributed by atoms with E-state index in [0.29, 0.717) is 11.3 Å². The van der Waals surface area contributed by atoms with E-state index in [-0.39, 0.29) is 5.12 Å². The summed E-state index contributed by atoms with van der Waals surface area (Å²) in [5, 5.41) is 0.0611. The Kier molecular flexibility index (Phi) is 4.65. The minimum atomic E-state index is 0.0611. The van der Waals surface area contributed by atoms with Crippen LogP contribution in [0.2, 0.25) is 0 Å². The zero-order valence-electron chi connectivity index (χ0n) is 8.32. The molecular formula is C12H10O2S. The fourth-order valence-corrected chi connectivity index (χ4v) is 1.31. The van der Waals surface area contributed by atoms with Crippen molar-refractivity contribution < 1.29 is 9.59 Å². The van der Waals surface area contributed by atoms with Crippen molar-refractivity contribution in [1.82, 2.24) is 0 Å². The van der Waals surface area contributed by atoms with Gasteiger partial charge in [0.1, 0.15) is 6.29 Å². The summed E-state index contributed by atoms with van der Waals surface area (Å²) in [6.45, 7) is 1.51. The molecule has 2 nitrogen and oxygen atoms in total. The molecular weight excluding hydrogens is 208 g/mol. The van der Waals surface area contributed by atoms with Gasteiger partial charge in [0.2, 0.25) is 0 Å². The molecule has 0 saturated heterocycles. The molecule has 0 amide bonds. The summed E-state index contributed by atoms with van der Waals surface area (Å²) < 4.78 is 0. The van der Waals surface area contributed by atoms with Crippen molar-refractivity contribution in [2.75, 3.05) is 5.75 Å². The number of carbonyl (C=O) groups is 2. The third kappa shape index (κ3) is 4.48. The van der Waals surface area contributed by atoms with Gasteiger partial charge in [-0.2, -0.15) is 0 Å². The van der Waals surface area contributed by atoms with Crippen LogP contribution in [0.5, 0.6) is 0 Å². The average molecular weight is 218 g/mol. The molecule has 15 heavy (non-hydrogen) atoms. The van der Waals surface area contributed by atoms with E-state index in [0.717, 1.165) is 11.8 Å². The molecule has 0 aromatic heterocycles. The highest BCUT2D eigenvalue weighted by molar-refractivity contribution is 8.13. The highest BCUT2D eigenvalue weighted by Crippen LogP contribution is 2.02. The summed E-state index contributed by atoms with van der Waals surface area (Å²) in [7, 11) is 0. The lowest BCUT2D eigenvalue weighted by molar-refractivity contribution is -0.109. The van der Waals surface area contributed by atoms with Gasteiger partial charge in [0, 0.05) is 18.1 Å². The SMILES string of the molecule is CC(=O)SCC#Cc1cccc(C=O)c1. The number of carbonyl (C=O) groups excluding carboxylic acids is 2. The second-order valence-corrected chi connectivity index (χ2v) is 3.98. The molecule has 0 aliphatic carbocycles. The third-order valence-corrected chi connectivity index (χ3v) is 2.30. The molecule has 0 fully saturated rings. The standard InChI is InChI=1S/C12H10O2S/c1-10(14)15-7-3-6-11-4-2-5-12(8-11)9-13/h2,4-5,8-9H,7H2,1H3. The molecule has 0 atom stereocenters. The first-order chi connectivity index (χ1) is 7.22. The highest BCUT2D eigenvalue weighted by Gasteiger charge is 1.91. The van der Waals surface area contributed by atoms with E-state index < -0.39 is 0 Å². The van der Waals surface area contributed by atoms with Crippen LogP contribution in [0, 0.1) is 11.8 Å². The van der Waals surface area contributed by atoms with Crippen LogP contribution in [0.3, 0.4) is 0 Å². The average Bonchev–Trinajstić information content (AvgIpc) is 2.24. The molecule has 1 aromatic carbocycles. The van der Waals surface area contributed by atoms with Gasteiger partial charge in [-0.3, -0.25) is 9.59 Å². The van der Waals surface area contributed by atoms with E-state index >= 15 is 0 Å². The van der Waals surface area contributed by atoms with E-state index in [4.69, 9.17) is 0 Å². The fraction of sp³-hybridized carbons (Fsp3) is 0.167. The second-order valence-electron chi connectivity index (χ2n) is 2.83. The molecule has 0 aliphatic rings. The topological polar surface area (TPSA) is 34.1 Å². The van der Waals surface area contributed by atoms with Crippen molar-refractivity contribution >= 4 is 23.2 Å². The Labute approximate surface area is 93.1 Å². The summed E-state index contributed by atoms with van der Waals surface area (Å²) in [5.74, 6) is 6.24. The molecule has 3 heteroatoms. The van der Waals surface area contributed by atoms with Crippen LogP contribution in [0.15, 0.2) is 24.3 Å². The number of hydrogen-bond acceptors (Lipinski definition) is 3. The van der Waals surface area contributed by atoms with Crippen molar-refractivity contribution in [1.29, 1.82) is 0 Å². The molecule has 76 valence electrons. The maximum Gasteiger partial charge on any atom is 0.186 e. The first kappa shape index (κ1) is 11.5. The van der Waals surface area contributed by atoms with Crippen molar-refractivity contribution in [2.24, 2.45) is 0 Å². The molecule has 0 spiro atoms. The van der Waals surface area contributed by atoms with E-state index in [1.807, 2.05) is 6.07 Å². The number of hydrogen-bond donors (Lipinski definition) is 0. The largest absolute Gasteiger partial charge is 0.298 e. The van der Waals surface area contributed by atoms with Crippen LogP contribution in [-0.2, 0) is 4.79 Å². The van der Waals surface area contributed by atoms with Crippen LogP contribution in [0.4, 0.5) is 0 Å². The molecule has 1 aromatic rings. The second kappa shape index (κ2) is 6.05. The van der Waals surface area contributed by atoms with E-state index in [1.165, 1.54) is 18.7 Å². The van der Waals surface area contributed by atoms with Gasteiger partial charge in [0.05, 0.1) is 5.75 Å². The Balaban J connectivity index is 2.63. The number of benzene rings is 1. The molecule has 0 radical (unpaired) electrons. The van der Waals surface area contributed by atoms with Gasteiger partial charge in [0.15, 0.2) is 5.12 Å². The summed E-state index contributed by atoms with van der Waals surface area (Å²) in [6.07, 6.45) is 0.787. The Morgan fingerprint density at radius 1 is 1.53 bits per heavy atom. The normalized spacial score (nSPS) is 8.87. The van der Waals surface area contributed by atoms with Crippen LogP contribution in [0.1, 0.15) is 22.8 Å². The fourth-order valence-electron chi connectivity index (χ4n) is 0.966. The maximum absolute atomic E-state index is 10.6. The summed E-state index contributed by atoms with van der Waals surface area (Å²) in [5.41, 5.74) is 1.41. The van der Waals surface area contributed by atoms with Gasteiger partial charge in [0.25, 0.3) is 0 Å². The highest BCUT2D eigenvalue weighted by atomic mass is 32.2. The maximum atomic E-state index is 10.6. The van der Waals surface area contributed by atoms with Gasteiger partial charge >= 0.3 is 0 Å². The van der Waals surface area contributed by atoms with Gasteiger partial charge in [-0.15, -0.1) is 0 Å². The lowest BCUT2D eigenvalue weighted by Crippen LogP contribution is -1.83. The predicted molar refractivity (Wildman–Crippen MR) is 61.8 cm³/mol. The molecule has 0 saturated carbocycles. The Bertz CT molecular complexity index is 427. The van der Waals surface area contributed by atoms with Gasteiger partial charge in [-0.25, -0.2) is 0 Å². The predicted octanol–water partition coefficient (Wildman–Crippen LogP) is 2.13. The smallest absolute Gasteiger partial charge is 0.186 e. The van der Waals surface area contributed by atoms with Gasteiger partial charge < -0.3 is 0 Å². The minimum absolute atomic E-state index is 0.0611. The lowest BCUT2D eigenvalue weighted by Gasteiger charge is -1.91. The van der Waals surface area contributed by atoms with Crippen molar-refractivity contribution in [3.05, 3.63) is 35.4 Å². The minimum Gasteiger partial charge on any atom is -0.298 e. The Hall–Kier alpha value is -1.53. The molecule has 1 rings (SSSR count). The van der Waals surface area contributed by atoms with Crippen molar-refractivity contribution in [3.8, 4) is 11.8 Å². The van der Waals surface area contributed by atoms with E-state index in [9.17, 15) is 9.59 Å². The van der Waals surface area contributed by atoms with E-state index in [1.54, 1.807) is 18.2 Å². The van der Waals surface area contributed by atoms with Crippen LogP contribution < -0.4 is 0 Å². The zero-order valence-corrected chi connectivity index (χ0v) is 9.14. The van der Waals surface area contributed by atoms with Crippen molar-refractivity contribution in [3.63, 3.8) is 0 Å². The summed E-state index contributed by atoms with van der Waals surface area (Å²) in [6, 6.07) is 7.06. The van der Waals surface area contributed by atoms with Crippen LogP contribution in [0.25, 0.3) is 0 Å². The zero-order chi connectivity index (χ0) is 11.1. The molecule has 0 aliphatic heterocycles. The molecule has 0 N–H and O–H groups in total. The van der Waals surface area contributed by atoms with Crippen molar-refractivity contribution in [2.45, 2.75) is 6.92 Å². The number of aldehydes is 1. The number of thioether (sulfide) groups is 1. The quantitative estimate of drug-likeness (QED) is 0.563. The lowest BCUT2D eigenvalue weighted by atomic mass is 10.1.